The monoisotopic (exact) mass is 294 g/mol. The summed E-state index contributed by atoms with van der Waals surface area (Å²) in [6, 6.07) is 7.32. The molecule has 20 heavy (non-hydrogen) atoms. The van der Waals surface area contributed by atoms with Crippen LogP contribution in [0.3, 0.4) is 0 Å². The van der Waals surface area contributed by atoms with E-state index in [4.69, 9.17) is 16.3 Å². The Morgan fingerprint density at radius 3 is 2.70 bits per heavy atom. The summed E-state index contributed by atoms with van der Waals surface area (Å²) in [5, 5.41) is 3.72. The SMILES string of the molecule is CC(C(=O)N(C)CCOc1ccccc1Cl)=C1CNC1. The number of carbonyl (C=O) groups excluding carboxylic acids is 1. The second-order valence-corrected chi connectivity index (χ2v) is 5.24. The van der Waals surface area contributed by atoms with Gasteiger partial charge in [-0.25, -0.2) is 0 Å². The van der Waals surface area contributed by atoms with Gasteiger partial charge in [0.05, 0.1) is 11.6 Å². The maximum atomic E-state index is 12.1. The van der Waals surface area contributed by atoms with Gasteiger partial charge >= 0.3 is 0 Å². The third-order valence-corrected chi connectivity index (χ3v) is 3.71. The van der Waals surface area contributed by atoms with Gasteiger partial charge in [0.25, 0.3) is 0 Å². The Morgan fingerprint density at radius 2 is 2.10 bits per heavy atom. The zero-order valence-electron chi connectivity index (χ0n) is 11.8. The number of carbonyl (C=O) groups is 1. The maximum absolute atomic E-state index is 12.1. The zero-order chi connectivity index (χ0) is 14.5. The van der Waals surface area contributed by atoms with E-state index in [-0.39, 0.29) is 5.91 Å². The van der Waals surface area contributed by atoms with Gasteiger partial charge in [0.1, 0.15) is 12.4 Å². The molecule has 1 aliphatic heterocycles. The Morgan fingerprint density at radius 1 is 1.40 bits per heavy atom. The highest BCUT2D eigenvalue weighted by Gasteiger charge is 2.18. The molecule has 1 aromatic rings. The van der Waals surface area contributed by atoms with Crippen LogP contribution in [0.5, 0.6) is 5.75 Å². The van der Waals surface area contributed by atoms with Crippen molar-refractivity contribution >= 4 is 17.5 Å². The molecule has 0 aromatic heterocycles. The van der Waals surface area contributed by atoms with E-state index < -0.39 is 0 Å². The number of halogens is 1. The Bertz CT molecular complexity index is 522. The molecule has 0 unspecified atom stereocenters. The van der Waals surface area contributed by atoms with Crippen molar-refractivity contribution in [3.8, 4) is 5.75 Å². The van der Waals surface area contributed by atoms with Crippen molar-refractivity contribution < 1.29 is 9.53 Å². The van der Waals surface area contributed by atoms with Gasteiger partial charge < -0.3 is 15.0 Å². The Balaban J connectivity index is 1.82. The summed E-state index contributed by atoms with van der Waals surface area (Å²) in [5.74, 6) is 0.706. The van der Waals surface area contributed by atoms with Crippen molar-refractivity contribution in [3.63, 3.8) is 0 Å². The van der Waals surface area contributed by atoms with E-state index in [0.29, 0.717) is 23.9 Å². The molecule has 2 rings (SSSR count). The van der Waals surface area contributed by atoms with Crippen LogP contribution in [0.15, 0.2) is 35.4 Å². The minimum atomic E-state index is 0.0595. The summed E-state index contributed by atoms with van der Waals surface area (Å²) < 4.78 is 5.58. The molecule has 0 bridgehead atoms. The number of hydrogen-bond acceptors (Lipinski definition) is 3. The molecule has 5 heteroatoms. The lowest BCUT2D eigenvalue weighted by Crippen LogP contribution is -2.39. The van der Waals surface area contributed by atoms with E-state index in [2.05, 4.69) is 5.32 Å². The van der Waals surface area contributed by atoms with Gasteiger partial charge in [-0.1, -0.05) is 23.7 Å². The first-order chi connectivity index (χ1) is 9.59. The van der Waals surface area contributed by atoms with Gasteiger partial charge in [-0.3, -0.25) is 4.79 Å². The Hall–Kier alpha value is -1.52. The smallest absolute Gasteiger partial charge is 0.249 e. The first-order valence-electron chi connectivity index (χ1n) is 6.61. The molecule has 0 aliphatic carbocycles. The lowest BCUT2D eigenvalue weighted by Gasteiger charge is -2.24. The van der Waals surface area contributed by atoms with Gasteiger partial charge in [0.2, 0.25) is 5.91 Å². The molecule has 0 spiro atoms. The van der Waals surface area contributed by atoms with Crippen LogP contribution in [0.4, 0.5) is 0 Å². The largest absolute Gasteiger partial charge is 0.490 e. The topological polar surface area (TPSA) is 41.6 Å². The van der Waals surface area contributed by atoms with Crippen LogP contribution in [0.1, 0.15) is 6.92 Å². The lowest BCUT2D eigenvalue weighted by molar-refractivity contribution is -0.126. The summed E-state index contributed by atoms with van der Waals surface area (Å²) in [5.41, 5.74) is 2.03. The van der Waals surface area contributed by atoms with Gasteiger partial charge in [-0.2, -0.15) is 0 Å². The fourth-order valence-electron chi connectivity index (χ4n) is 1.91. The minimum Gasteiger partial charge on any atom is -0.490 e. The van der Waals surface area contributed by atoms with Gasteiger partial charge in [-0.15, -0.1) is 0 Å². The van der Waals surface area contributed by atoms with Crippen LogP contribution in [0.2, 0.25) is 5.02 Å². The van der Waals surface area contributed by atoms with Crippen LogP contribution >= 0.6 is 11.6 Å². The maximum Gasteiger partial charge on any atom is 0.249 e. The van der Waals surface area contributed by atoms with Crippen LogP contribution in [0.25, 0.3) is 0 Å². The molecule has 1 saturated heterocycles. The van der Waals surface area contributed by atoms with Crippen molar-refractivity contribution in [3.05, 3.63) is 40.4 Å². The highest BCUT2D eigenvalue weighted by atomic mass is 35.5. The predicted molar refractivity (Wildman–Crippen MR) is 80.2 cm³/mol. The van der Waals surface area contributed by atoms with Crippen molar-refractivity contribution in [1.82, 2.24) is 10.2 Å². The van der Waals surface area contributed by atoms with Crippen LogP contribution < -0.4 is 10.1 Å². The predicted octanol–water partition coefficient (Wildman–Crippen LogP) is 2.10. The molecule has 0 saturated carbocycles. The number of benzene rings is 1. The van der Waals surface area contributed by atoms with Gasteiger partial charge in [0, 0.05) is 25.7 Å². The summed E-state index contributed by atoms with van der Waals surface area (Å²) >= 11 is 6.00. The molecule has 1 aliphatic rings. The molecular formula is C15H19ClN2O2. The summed E-state index contributed by atoms with van der Waals surface area (Å²) in [7, 11) is 1.79. The van der Waals surface area contributed by atoms with E-state index in [9.17, 15) is 4.79 Å². The molecule has 0 atom stereocenters. The third kappa shape index (κ3) is 3.52. The molecular weight excluding hydrogens is 276 g/mol. The summed E-state index contributed by atoms with van der Waals surface area (Å²) in [4.78, 5) is 13.8. The highest BCUT2D eigenvalue weighted by Crippen LogP contribution is 2.22. The number of ether oxygens (including phenoxy) is 1. The molecule has 1 amide bonds. The molecule has 1 aromatic carbocycles. The first-order valence-corrected chi connectivity index (χ1v) is 6.99. The van der Waals surface area contributed by atoms with Crippen molar-refractivity contribution in [2.75, 3.05) is 33.3 Å². The van der Waals surface area contributed by atoms with Crippen molar-refractivity contribution in [1.29, 1.82) is 0 Å². The fourth-order valence-corrected chi connectivity index (χ4v) is 2.10. The summed E-state index contributed by atoms with van der Waals surface area (Å²) in [6.07, 6.45) is 0. The van der Waals surface area contributed by atoms with E-state index in [1.807, 2.05) is 25.1 Å². The van der Waals surface area contributed by atoms with E-state index >= 15 is 0 Å². The molecule has 108 valence electrons. The fraction of sp³-hybridized carbons (Fsp3) is 0.400. The second kappa shape index (κ2) is 6.77. The number of nitrogens with one attached hydrogen (secondary N) is 1. The quantitative estimate of drug-likeness (QED) is 0.846. The average Bonchev–Trinajstić information content (AvgIpc) is 2.38. The van der Waals surface area contributed by atoms with E-state index in [0.717, 1.165) is 18.7 Å². The van der Waals surface area contributed by atoms with Crippen LogP contribution in [-0.2, 0) is 4.79 Å². The third-order valence-electron chi connectivity index (χ3n) is 3.40. The highest BCUT2D eigenvalue weighted by molar-refractivity contribution is 6.32. The Kier molecular flexibility index (Phi) is 5.04. The van der Waals surface area contributed by atoms with Gasteiger partial charge in [0.15, 0.2) is 0 Å². The summed E-state index contributed by atoms with van der Waals surface area (Å²) in [6.45, 7) is 4.47. The van der Waals surface area contributed by atoms with E-state index in [1.165, 1.54) is 5.57 Å². The zero-order valence-corrected chi connectivity index (χ0v) is 12.5. The number of likely N-dealkylation sites (N-methyl/N-ethyl adjacent to an activating group) is 1. The van der Waals surface area contributed by atoms with Gasteiger partial charge in [-0.05, 0) is 24.6 Å². The standard InChI is InChI=1S/C15H19ClN2O2/c1-11(12-9-17-10-12)15(19)18(2)7-8-20-14-6-4-3-5-13(14)16/h3-6,17H,7-10H2,1-2H3. The molecule has 0 radical (unpaired) electrons. The number of amides is 1. The number of hydrogen-bond donors (Lipinski definition) is 1. The second-order valence-electron chi connectivity index (χ2n) is 4.84. The van der Waals surface area contributed by atoms with Crippen LogP contribution in [-0.4, -0.2) is 44.1 Å². The molecule has 1 N–H and O–H groups in total. The molecule has 1 heterocycles. The minimum absolute atomic E-state index is 0.0595. The number of rotatable bonds is 5. The first kappa shape index (κ1) is 14.9. The number of para-hydroxylation sites is 1. The Labute approximate surface area is 124 Å². The average molecular weight is 295 g/mol. The van der Waals surface area contributed by atoms with Crippen molar-refractivity contribution in [2.45, 2.75) is 6.92 Å². The number of nitrogens with zero attached hydrogens (tertiary/aromatic N) is 1. The molecule has 4 nitrogen and oxygen atoms in total. The lowest BCUT2D eigenvalue weighted by atomic mass is 10.0. The normalized spacial score (nSPS) is 13.7. The molecule has 1 fully saturated rings. The van der Waals surface area contributed by atoms with Crippen molar-refractivity contribution in [2.24, 2.45) is 0 Å². The van der Waals surface area contributed by atoms with E-state index in [1.54, 1.807) is 18.0 Å². The van der Waals surface area contributed by atoms with Crippen LogP contribution in [0, 0.1) is 0 Å².